The molecule has 0 saturated carbocycles. The van der Waals surface area contributed by atoms with Gasteiger partial charge in [-0.25, -0.2) is 4.67 Å². The van der Waals surface area contributed by atoms with Crippen molar-refractivity contribution in [2.24, 2.45) is 5.73 Å². The molecule has 0 aliphatic rings. The monoisotopic (exact) mass is 220 g/mol. The van der Waals surface area contributed by atoms with Crippen LogP contribution in [0.1, 0.15) is 27.7 Å². The minimum absolute atomic E-state index is 0.0480. The topological polar surface area (TPSA) is 63.4 Å². The second kappa shape index (κ2) is 4.94. The Balaban J connectivity index is 4.84. The lowest BCUT2D eigenvalue weighted by molar-refractivity contribution is -0.118. The van der Waals surface area contributed by atoms with Crippen molar-refractivity contribution in [3.8, 4) is 0 Å². The molecular formula is C9H21N2O2P. The van der Waals surface area contributed by atoms with Crippen LogP contribution in [-0.4, -0.2) is 35.5 Å². The quantitative estimate of drug-likeness (QED) is 0.714. The summed E-state index contributed by atoms with van der Waals surface area (Å²) in [6, 6.07) is 0. The van der Waals surface area contributed by atoms with Crippen molar-refractivity contribution in [1.29, 1.82) is 0 Å². The number of nitrogens with two attached hydrogens (primary N) is 1. The molecule has 0 rings (SSSR count). The van der Waals surface area contributed by atoms with Crippen molar-refractivity contribution in [2.75, 3.05) is 13.6 Å². The van der Waals surface area contributed by atoms with Crippen molar-refractivity contribution in [2.45, 2.75) is 39.0 Å². The predicted molar refractivity (Wildman–Crippen MR) is 59.7 cm³/mol. The van der Waals surface area contributed by atoms with E-state index in [1.807, 2.05) is 27.7 Å². The zero-order valence-electron chi connectivity index (χ0n) is 9.65. The minimum atomic E-state index is -2.48. The van der Waals surface area contributed by atoms with Crippen molar-refractivity contribution in [1.82, 2.24) is 4.67 Å². The molecule has 14 heavy (non-hydrogen) atoms. The SMILES string of the molecule is CC(C)P(=O)(C(C)C)N(C)CC(N)=O. The van der Waals surface area contributed by atoms with Crippen LogP contribution in [0.25, 0.3) is 0 Å². The highest BCUT2D eigenvalue weighted by molar-refractivity contribution is 7.62. The molecule has 0 heterocycles. The van der Waals surface area contributed by atoms with Crippen LogP contribution in [0.3, 0.4) is 0 Å². The maximum atomic E-state index is 12.6. The van der Waals surface area contributed by atoms with Crippen molar-refractivity contribution < 1.29 is 9.36 Å². The number of primary amides is 1. The molecule has 84 valence electrons. The highest BCUT2D eigenvalue weighted by atomic mass is 31.2. The predicted octanol–water partition coefficient (Wildman–Crippen LogP) is 1.50. The van der Waals surface area contributed by atoms with E-state index in [2.05, 4.69) is 0 Å². The number of nitrogens with zero attached hydrogens (tertiary/aromatic N) is 1. The Labute approximate surface area is 86.3 Å². The average Bonchev–Trinajstić information content (AvgIpc) is 2.00. The maximum Gasteiger partial charge on any atom is 0.232 e. The third-order valence-corrected chi connectivity index (χ3v) is 6.57. The van der Waals surface area contributed by atoms with Crippen LogP contribution < -0.4 is 5.73 Å². The van der Waals surface area contributed by atoms with Crippen LogP contribution in [-0.2, 0) is 9.36 Å². The molecule has 2 N–H and O–H groups in total. The number of rotatable bonds is 5. The van der Waals surface area contributed by atoms with Crippen LogP contribution in [0.5, 0.6) is 0 Å². The van der Waals surface area contributed by atoms with E-state index in [0.717, 1.165) is 0 Å². The largest absolute Gasteiger partial charge is 0.369 e. The summed E-state index contributed by atoms with van der Waals surface area (Å²) < 4.78 is 14.2. The molecule has 0 bridgehead atoms. The van der Waals surface area contributed by atoms with E-state index in [1.54, 1.807) is 11.7 Å². The van der Waals surface area contributed by atoms with Gasteiger partial charge >= 0.3 is 0 Å². The zero-order chi connectivity index (χ0) is 11.5. The van der Waals surface area contributed by atoms with E-state index in [9.17, 15) is 9.36 Å². The van der Waals surface area contributed by atoms with Gasteiger partial charge in [-0.1, -0.05) is 27.7 Å². The maximum absolute atomic E-state index is 12.6. The smallest absolute Gasteiger partial charge is 0.232 e. The third kappa shape index (κ3) is 2.82. The number of carbonyl (C=O) groups is 1. The summed E-state index contributed by atoms with van der Waals surface area (Å²) in [5.74, 6) is -0.436. The summed E-state index contributed by atoms with van der Waals surface area (Å²) in [7, 11) is -0.776. The van der Waals surface area contributed by atoms with Gasteiger partial charge in [-0.05, 0) is 7.05 Å². The van der Waals surface area contributed by atoms with E-state index in [4.69, 9.17) is 5.73 Å². The fourth-order valence-corrected chi connectivity index (χ4v) is 4.85. The lowest BCUT2D eigenvalue weighted by Crippen LogP contribution is -2.33. The van der Waals surface area contributed by atoms with Gasteiger partial charge in [0, 0.05) is 11.3 Å². The third-order valence-electron chi connectivity index (χ3n) is 2.40. The van der Waals surface area contributed by atoms with Crippen LogP contribution in [0, 0.1) is 0 Å². The van der Waals surface area contributed by atoms with Gasteiger partial charge in [0.1, 0.15) is 0 Å². The highest BCUT2D eigenvalue weighted by Gasteiger charge is 2.35. The number of amides is 1. The number of hydrogen-bond acceptors (Lipinski definition) is 2. The van der Waals surface area contributed by atoms with Gasteiger partial charge in [-0.15, -0.1) is 0 Å². The molecule has 0 aromatic carbocycles. The Kier molecular flexibility index (Phi) is 4.82. The number of hydrogen-bond donors (Lipinski definition) is 1. The van der Waals surface area contributed by atoms with Crippen molar-refractivity contribution in [3.05, 3.63) is 0 Å². The standard InChI is InChI=1S/C9H21N2O2P/c1-7(2)14(13,8(3)4)11(5)6-9(10)12/h7-8H,6H2,1-5H3,(H2,10,12). The van der Waals surface area contributed by atoms with Crippen molar-refractivity contribution >= 4 is 13.2 Å². The molecule has 1 amide bonds. The molecule has 5 heteroatoms. The Bertz CT molecular complexity index is 239. The van der Waals surface area contributed by atoms with E-state index >= 15 is 0 Å². The van der Waals surface area contributed by atoms with Gasteiger partial charge < -0.3 is 10.3 Å². The Morgan fingerprint density at radius 3 is 1.86 bits per heavy atom. The molecule has 0 spiro atoms. The van der Waals surface area contributed by atoms with Gasteiger partial charge in [0.05, 0.1) is 6.54 Å². The first kappa shape index (κ1) is 13.7. The summed E-state index contributed by atoms with van der Waals surface area (Å²) in [5, 5.41) is 0. The molecule has 0 radical (unpaired) electrons. The van der Waals surface area contributed by atoms with Gasteiger partial charge in [-0.2, -0.15) is 0 Å². The van der Waals surface area contributed by atoms with Crippen molar-refractivity contribution in [3.63, 3.8) is 0 Å². The molecular weight excluding hydrogens is 199 g/mol. The minimum Gasteiger partial charge on any atom is -0.369 e. The normalized spacial score (nSPS) is 12.9. The van der Waals surface area contributed by atoms with Gasteiger partial charge in [-0.3, -0.25) is 4.79 Å². The van der Waals surface area contributed by atoms with Gasteiger partial charge in [0.25, 0.3) is 0 Å². The molecule has 0 atom stereocenters. The van der Waals surface area contributed by atoms with Gasteiger partial charge in [0.2, 0.25) is 5.91 Å². The molecule has 0 aliphatic carbocycles. The fraction of sp³-hybridized carbons (Fsp3) is 0.889. The molecule has 0 unspecified atom stereocenters. The molecule has 0 aromatic rings. The first-order valence-electron chi connectivity index (χ1n) is 4.82. The van der Waals surface area contributed by atoms with Crippen LogP contribution in [0.4, 0.5) is 0 Å². The lowest BCUT2D eigenvalue weighted by atomic mass is 10.5. The second-order valence-electron chi connectivity index (χ2n) is 4.14. The van der Waals surface area contributed by atoms with Crippen LogP contribution in [0.15, 0.2) is 0 Å². The molecule has 4 nitrogen and oxygen atoms in total. The number of likely N-dealkylation sites (N-methyl/N-ethyl adjacent to an activating group) is 1. The lowest BCUT2D eigenvalue weighted by Gasteiger charge is -2.33. The van der Waals surface area contributed by atoms with Gasteiger partial charge in [0.15, 0.2) is 7.29 Å². The Hall–Kier alpha value is -0.340. The summed E-state index contributed by atoms with van der Waals surface area (Å²) in [6.45, 7) is 7.72. The molecule has 0 saturated heterocycles. The second-order valence-corrected chi connectivity index (χ2v) is 8.24. The first-order valence-corrected chi connectivity index (χ1v) is 6.62. The summed E-state index contributed by atoms with van der Waals surface area (Å²) in [4.78, 5) is 10.8. The Morgan fingerprint density at radius 2 is 1.64 bits per heavy atom. The van der Waals surface area contributed by atoms with E-state index < -0.39 is 13.2 Å². The number of carbonyl (C=O) groups excluding carboxylic acids is 1. The average molecular weight is 220 g/mol. The Morgan fingerprint density at radius 1 is 1.29 bits per heavy atom. The van der Waals surface area contributed by atoms with E-state index in [1.165, 1.54) is 0 Å². The van der Waals surface area contributed by atoms with E-state index in [-0.39, 0.29) is 17.9 Å². The molecule has 0 aromatic heterocycles. The summed E-state index contributed by atoms with van der Waals surface area (Å²) in [5.41, 5.74) is 5.18. The summed E-state index contributed by atoms with van der Waals surface area (Å²) >= 11 is 0. The fourth-order valence-electron chi connectivity index (χ4n) is 1.72. The molecule has 0 fully saturated rings. The van der Waals surface area contributed by atoms with Crippen LogP contribution in [0.2, 0.25) is 0 Å². The summed E-state index contributed by atoms with van der Waals surface area (Å²) in [6.07, 6.45) is 0. The first-order chi connectivity index (χ1) is 6.22. The molecule has 0 aliphatic heterocycles. The van der Waals surface area contributed by atoms with E-state index in [0.29, 0.717) is 0 Å². The zero-order valence-corrected chi connectivity index (χ0v) is 10.5. The van der Waals surface area contributed by atoms with Crippen LogP contribution >= 0.6 is 7.29 Å². The highest BCUT2D eigenvalue weighted by Crippen LogP contribution is 2.56.